The van der Waals surface area contributed by atoms with E-state index >= 15 is 0 Å². The van der Waals surface area contributed by atoms with Crippen LogP contribution >= 0.6 is 0 Å². The molecule has 1 heterocycles. The van der Waals surface area contributed by atoms with Gasteiger partial charge in [0, 0.05) is 6.04 Å². The van der Waals surface area contributed by atoms with Crippen molar-refractivity contribution in [1.29, 1.82) is 0 Å². The molecule has 1 unspecified atom stereocenters. The maximum atomic E-state index is 3.49. The standard InChI is InChI=1S/C11H15N.C2H6/c1-9-8-11-5-3-2-4-10(11)6-7-12-9;1-2/h2-5,9,12H,6-8H2,1H3;1-2H3. The fraction of sp³-hybridized carbons (Fsp3) is 0.538. The van der Waals surface area contributed by atoms with Crippen LogP contribution in [0.5, 0.6) is 0 Å². The molecule has 1 nitrogen and oxygen atoms in total. The molecule has 0 fully saturated rings. The van der Waals surface area contributed by atoms with Crippen molar-refractivity contribution in [2.45, 2.75) is 39.7 Å². The molecule has 1 aromatic carbocycles. The van der Waals surface area contributed by atoms with Crippen LogP contribution < -0.4 is 5.32 Å². The minimum Gasteiger partial charge on any atom is -0.314 e. The van der Waals surface area contributed by atoms with Gasteiger partial charge in [-0.1, -0.05) is 38.1 Å². The van der Waals surface area contributed by atoms with E-state index in [1.165, 1.54) is 24.0 Å². The summed E-state index contributed by atoms with van der Waals surface area (Å²) in [4.78, 5) is 0. The molecule has 0 spiro atoms. The lowest BCUT2D eigenvalue weighted by Gasteiger charge is -2.08. The van der Waals surface area contributed by atoms with Crippen LogP contribution in [0, 0.1) is 0 Å². The van der Waals surface area contributed by atoms with Gasteiger partial charge in [-0.25, -0.2) is 0 Å². The number of nitrogens with one attached hydrogen (secondary N) is 1. The summed E-state index contributed by atoms with van der Waals surface area (Å²) in [6.07, 6.45) is 2.36. The first kappa shape index (κ1) is 11.3. The molecule has 1 heteroatoms. The number of hydrogen-bond donors (Lipinski definition) is 1. The zero-order valence-electron chi connectivity index (χ0n) is 9.51. The number of benzene rings is 1. The van der Waals surface area contributed by atoms with Crippen molar-refractivity contribution in [3.63, 3.8) is 0 Å². The first-order valence-electron chi connectivity index (χ1n) is 5.66. The van der Waals surface area contributed by atoms with Gasteiger partial charge in [0.05, 0.1) is 0 Å². The lowest BCUT2D eigenvalue weighted by atomic mass is 10.0. The Bertz CT molecular complexity index is 268. The van der Waals surface area contributed by atoms with Gasteiger partial charge in [0.15, 0.2) is 0 Å². The Morgan fingerprint density at radius 3 is 2.50 bits per heavy atom. The van der Waals surface area contributed by atoms with Gasteiger partial charge in [0.25, 0.3) is 0 Å². The Labute approximate surface area is 87.5 Å². The van der Waals surface area contributed by atoms with Crippen LogP contribution in [0.2, 0.25) is 0 Å². The number of fused-ring (bicyclic) bond motifs is 1. The summed E-state index contributed by atoms with van der Waals surface area (Å²) in [6.45, 7) is 7.38. The summed E-state index contributed by atoms with van der Waals surface area (Å²) in [5.41, 5.74) is 3.05. The van der Waals surface area contributed by atoms with Gasteiger partial charge in [0.1, 0.15) is 0 Å². The lowest BCUT2D eigenvalue weighted by Crippen LogP contribution is -2.27. The Morgan fingerprint density at radius 2 is 1.79 bits per heavy atom. The molecule has 1 aromatic rings. The van der Waals surface area contributed by atoms with Crippen molar-refractivity contribution in [1.82, 2.24) is 5.32 Å². The molecule has 0 saturated carbocycles. The normalized spacial score (nSPS) is 20.1. The third-order valence-electron chi connectivity index (χ3n) is 2.53. The molecule has 0 radical (unpaired) electrons. The highest BCUT2D eigenvalue weighted by atomic mass is 14.9. The minimum atomic E-state index is 0.633. The molecule has 1 atom stereocenters. The van der Waals surface area contributed by atoms with Crippen molar-refractivity contribution in [3.05, 3.63) is 35.4 Å². The number of rotatable bonds is 0. The molecule has 1 aliphatic rings. The van der Waals surface area contributed by atoms with Crippen LogP contribution in [0.4, 0.5) is 0 Å². The largest absolute Gasteiger partial charge is 0.314 e. The van der Waals surface area contributed by atoms with Gasteiger partial charge in [-0.2, -0.15) is 0 Å². The Balaban J connectivity index is 0.000000461. The van der Waals surface area contributed by atoms with Crippen molar-refractivity contribution >= 4 is 0 Å². The first-order chi connectivity index (χ1) is 6.86. The van der Waals surface area contributed by atoms with Gasteiger partial charge < -0.3 is 5.32 Å². The number of hydrogen-bond acceptors (Lipinski definition) is 1. The highest BCUT2D eigenvalue weighted by molar-refractivity contribution is 5.29. The van der Waals surface area contributed by atoms with Crippen LogP contribution in [-0.2, 0) is 12.8 Å². The fourth-order valence-electron chi connectivity index (χ4n) is 1.86. The molecule has 0 aliphatic carbocycles. The monoisotopic (exact) mass is 191 g/mol. The van der Waals surface area contributed by atoms with E-state index in [2.05, 4.69) is 36.5 Å². The summed E-state index contributed by atoms with van der Waals surface area (Å²) in [5.74, 6) is 0. The van der Waals surface area contributed by atoms with Crippen molar-refractivity contribution in [2.75, 3.05) is 6.54 Å². The zero-order valence-corrected chi connectivity index (χ0v) is 9.51. The van der Waals surface area contributed by atoms with Crippen LogP contribution in [0.3, 0.4) is 0 Å². The molecule has 0 aromatic heterocycles. The molecule has 0 amide bonds. The third-order valence-corrected chi connectivity index (χ3v) is 2.53. The van der Waals surface area contributed by atoms with Crippen LogP contribution in [0.1, 0.15) is 31.9 Å². The topological polar surface area (TPSA) is 12.0 Å². The van der Waals surface area contributed by atoms with E-state index in [-0.39, 0.29) is 0 Å². The van der Waals surface area contributed by atoms with Gasteiger partial charge in [-0.15, -0.1) is 0 Å². The average Bonchev–Trinajstić information content (AvgIpc) is 2.41. The predicted molar refractivity (Wildman–Crippen MR) is 62.7 cm³/mol. The summed E-state index contributed by atoms with van der Waals surface area (Å²) in [6, 6.07) is 9.40. The molecule has 1 N–H and O–H groups in total. The second-order valence-corrected chi connectivity index (χ2v) is 3.58. The van der Waals surface area contributed by atoms with Gasteiger partial charge in [-0.05, 0) is 37.4 Å². The summed E-state index contributed by atoms with van der Waals surface area (Å²) < 4.78 is 0. The molecule has 0 bridgehead atoms. The highest BCUT2D eigenvalue weighted by Crippen LogP contribution is 2.14. The van der Waals surface area contributed by atoms with Crippen LogP contribution in [-0.4, -0.2) is 12.6 Å². The van der Waals surface area contributed by atoms with E-state index in [9.17, 15) is 0 Å². The van der Waals surface area contributed by atoms with E-state index in [1.54, 1.807) is 0 Å². The van der Waals surface area contributed by atoms with Crippen molar-refractivity contribution in [2.24, 2.45) is 0 Å². The molecule has 1 aliphatic heterocycles. The van der Waals surface area contributed by atoms with Gasteiger partial charge >= 0.3 is 0 Å². The van der Waals surface area contributed by atoms with Crippen LogP contribution in [0.15, 0.2) is 24.3 Å². The summed E-state index contributed by atoms with van der Waals surface area (Å²) in [7, 11) is 0. The molecule has 78 valence electrons. The maximum absolute atomic E-state index is 3.49. The van der Waals surface area contributed by atoms with E-state index in [0.717, 1.165) is 6.54 Å². The smallest absolute Gasteiger partial charge is 0.00793 e. The lowest BCUT2D eigenvalue weighted by molar-refractivity contribution is 0.568. The van der Waals surface area contributed by atoms with E-state index in [0.29, 0.717) is 6.04 Å². The van der Waals surface area contributed by atoms with Crippen LogP contribution in [0.25, 0.3) is 0 Å². The molecule has 0 saturated heterocycles. The van der Waals surface area contributed by atoms with E-state index < -0.39 is 0 Å². The zero-order chi connectivity index (χ0) is 10.4. The van der Waals surface area contributed by atoms with Gasteiger partial charge in [-0.3, -0.25) is 0 Å². The summed E-state index contributed by atoms with van der Waals surface area (Å²) in [5, 5.41) is 3.49. The van der Waals surface area contributed by atoms with E-state index in [4.69, 9.17) is 0 Å². The average molecular weight is 191 g/mol. The molecule has 14 heavy (non-hydrogen) atoms. The SMILES string of the molecule is CC.CC1Cc2ccccc2CCN1. The first-order valence-corrected chi connectivity index (χ1v) is 5.66. The molecular formula is C13H21N. The predicted octanol–water partition coefficient (Wildman–Crippen LogP) is 2.79. The van der Waals surface area contributed by atoms with E-state index in [1.807, 2.05) is 13.8 Å². The maximum Gasteiger partial charge on any atom is 0.00793 e. The Hall–Kier alpha value is -0.820. The quantitative estimate of drug-likeness (QED) is 0.665. The Kier molecular flexibility index (Phi) is 4.68. The van der Waals surface area contributed by atoms with Gasteiger partial charge in [0.2, 0.25) is 0 Å². The molecule has 2 rings (SSSR count). The Morgan fingerprint density at radius 1 is 1.14 bits per heavy atom. The molecular weight excluding hydrogens is 170 g/mol. The van der Waals surface area contributed by atoms with Crippen molar-refractivity contribution < 1.29 is 0 Å². The highest BCUT2D eigenvalue weighted by Gasteiger charge is 2.10. The fourth-order valence-corrected chi connectivity index (χ4v) is 1.86. The second kappa shape index (κ2) is 5.82. The minimum absolute atomic E-state index is 0.633. The van der Waals surface area contributed by atoms with Crippen molar-refractivity contribution in [3.8, 4) is 0 Å². The summed E-state index contributed by atoms with van der Waals surface area (Å²) >= 11 is 0. The second-order valence-electron chi connectivity index (χ2n) is 3.58. The third kappa shape index (κ3) is 2.85.